The van der Waals surface area contributed by atoms with Crippen LogP contribution in [-0.4, -0.2) is 12.7 Å². The van der Waals surface area contributed by atoms with E-state index in [0.717, 1.165) is 23.5 Å². The van der Waals surface area contributed by atoms with Crippen LogP contribution in [0.4, 0.5) is 0 Å². The normalized spacial score (nSPS) is 23.9. The Balaban J connectivity index is 1.65. The number of hydrogen-bond acceptors (Lipinski definition) is 2. The van der Waals surface area contributed by atoms with Gasteiger partial charge in [0.05, 0.1) is 12.0 Å². The molecule has 2 aromatic rings. The number of benzene rings is 2. The number of rotatable bonds is 2. The SMILES string of the molecule is CC1Cc2cc(C(Cl)C3COc4ccccc43)ccc2O1. The van der Waals surface area contributed by atoms with Crippen LogP contribution in [0, 0.1) is 0 Å². The Morgan fingerprint density at radius 3 is 2.90 bits per heavy atom. The highest BCUT2D eigenvalue weighted by Gasteiger charge is 2.32. The quantitative estimate of drug-likeness (QED) is 0.762. The van der Waals surface area contributed by atoms with Crippen molar-refractivity contribution < 1.29 is 9.47 Å². The van der Waals surface area contributed by atoms with Crippen LogP contribution >= 0.6 is 11.6 Å². The molecule has 2 aliphatic heterocycles. The Labute approximate surface area is 129 Å². The van der Waals surface area contributed by atoms with Crippen molar-refractivity contribution in [3.63, 3.8) is 0 Å². The van der Waals surface area contributed by atoms with Crippen molar-refractivity contribution in [2.75, 3.05) is 6.61 Å². The van der Waals surface area contributed by atoms with Gasteiger partial charge in [-0.3, -0.25) is 0 Å². The average Bonchev–Trinajstić information content (AvgIpc) is 3.07. The number of halogens is 1. The van der Waals surface area contributed by atoms with Crippen molar-refractivity contribution in [1.29, 1.82) is 0 Å². The standard InChI is InChI=1S/C18H17ClO2/c1-11-8-13-9-12(6-7-16(13)21-11)18(19)15-10-20-17-5-3-2-4-14(15)17/h2-7,9,11,15,18H,8,10H2,1H3. The summed E-state index contributed by atoms with van der Waals surface area (Å²) in [6.45, 7) is 2.75. The smallest absolute Gasteiger partial charge is 0.123 e. The molecule has 3 heteroatoms. The number of fused-ring (bicyclic) bond motifs is 2. The summed E-state index contributed by atoms with van der Waals surface area (Å²) in [5.41, 5.74) is 3.62. The van der Waals surface area contributed by atoms with Gasteiger partial charge in [-0.25, -0.2) is 0 Å². The van der Waals surface area contributed by atoms with E-state index in [2.05, 4.69) is 25.1 Å². The van der Waals surface area contributed by atoms with Gasteiger partial charge in [-0.1, -0.05) is 30.3 Å². The van der Waals surface area contributed by atoms with E-state index >= 15 is 0 Å². The van der Waals surface area contributed by atoms with E-state index < -0.39 is 0 Å². The first-order valence-corrected chi connectivity index (χ1v) is 7.81. The summed E-state index contributed by atoms with van der Waals surface area (Å²) in [4.78, 5) is 0. The van der Waals surface area contributed by atoms with Gasteiger partial charge in [-0.15, -0.1) is 11.6 Å². The molecule has 4 rings (SSSR count). The summed E-state index contributed by atoms with van der Waals surface area (Å²) in [6.07, 6.45) is 1.23. The van der Waals surface area contributed by atoms with Crippen molar-refractivity contribution in [3.05, 3.63) is 59.2 Å². The lowest BCUT2D eigenvalue weighted by Gasteiger charge is -2.17. The van der Waals surface area contributed by atoms with Gasteiger partial charge in [-0.2, -0.15) is 0 Å². The Bertz CT molecular complexity index is 683. The second kappa shape index (κ2) is 4.96. The molecule has 2 nitrogen and oxygen atoms in total. The predicted octanol–water partition coefficient (Wildman–Crippen LogP) is 4.47. The molecular weight excluding hydrogens is 284 g/mol. The number of ether oxygens (including phenoxy) is 2. The molecule has 2 aromatic carbocycles. The van der Waals surface area contributed by atoms with Crippen LogP contribution in [-0.2, 0) is 6.42 Å². The van der Waals surface area contributed by atoms with Gasteiger partial charge in [0.25, 0.3) is 0 Å². The fourth-order valence-electron chi connectivity index (χ4n) is 3.28. The van der Waals surface area contributed by atoms with Gasteiger partial charge < -0.3 is 9.47 Å². The second-order valence-corrected chi connectivity index (χ2v) is 6.33. The Hall–Kier alpha value is -1.67. The van der Waals surface area contributed by atoms with Crippen LogP contribution in [0.1, 0.15) is 34.9 Å². The fourth-order valence-corrected chi connectivity index (χ4v) is 3.62. The maximum Gasteiger partial charge on any atom is 0.123 e. The minimum atomic E-state index is -0.0742. The van der Waals surface area contributed by atoms with Gasteiger partial charge in [0.1, 0.15) is 17.6 Å². The Morgan fingerprint density at radius 2 is 2.00 bits per heavy atom. The molecule has 0 bridgehead atoms. The molecule has 3 unspecified atom stereocenters. The third kappa shape index (κ3) is 2.18. The minimum absolute atomic E-state index is 0.0742. The summed E-state index contributed by atoms with van der Waals surface area (Å²) in [7, 11) is 0. The maximum atomic E-state index is 6.76. The summed E-state index contributed by atoms with van der Waals surface area (Å²) < 4.78 is 11.5. The zero-order valence-electron chi connectivity index (χ0n) is 11.9. The molecule has 0 aliphatic carbocycles. The maximum absolute atomic E-state index is 6.76. The summed E-state index contributed by atoms with van der Waals surface area (Å²) in [5.74, 6) is 2.17. The van der Waals surface area contributed by atoms with E-state index in [9.17, 15) is 0 Å². The van der Waals surface area contributed by atoms with Gasteiger partial charge in [-0.05, 0) is 30.2 Å². The topological polar surface area (TPSA) is 18.5 Å². The van der Waals surface area contributed by atoms with Gasteiger partial charge in [0.2, 0.25) is 0 Å². The van der Waals surface area contributed by atoms with Crippen LogP contribution in [0.2, 0.25) is 0 Å². The average molecular weight is 301 g/mol. The third-order valence-corrected chi connectivity index (χ3v) is 4.88. The van der Waals surface area contributed by atoms with Crippen LogP contribution in [0.25, 0.3) is 0 Å². The molecule has 0 fully saturated rings. The first-order chi connectivity index (χ1) is 10.2. The number of para-hydroxylation sites is 1. The molecule has 0 radical (unpaired) electrons. The lowest BCUT2D eigenvalue weighted by Crippen LogP contribution is -2.08. The van der Waals surface area contributed by atoms with Crippen LogP contribution in [0.15, 0.2) is 42.5 Å². The van der Waals surface area contributed by atoms with Crippen LogP contribution in [0.3, 0.4) is 0 Å². The molecule has 0 aromatic heterocycles. The molecule has 2 aliphatic rings. The lowest BCUT2D eigenvalue weighted by molar-refractivity contribution is 0.254. The van der Waals surface area contributed by atoms with E-state index in [-0.39, 0.29) is 17.4 Å². The lowest BCUT2D eigenvalue weighted by atomic mass is 9.92. The zero-order chi connectivity index (χ0) is 14.4. The predicted molar refractivity (Wildman–Crippen MR) is 83.5 cm³/mol. The summed E-state index contributed by atoms with van der Waals surface area (Å²) >= 11 is 6.76. The summed E-state index contributed by atoms with van der Waals surface area (Å²) in [5, 5.41) is -0.0742. The minimum Gasteiger partial charge on any atom is -0.493 e. The van der Waals surface area contributed by atoms with Gasteiger partial charge >= 0.3 is 0 Å². The fraction of sp³-hybridized carbons (Fsp3) is 0.333. The molecule has 0 saturated carbocycles. The molecule has 0 amide bonds. The van der Waals surface area contributed by atoms with Crippen LogP contribution in [0.5, 0.6) is 11.5 Å². The first kappa shape index (κ1) is 13.0. The molecule has 0 N–H and O–H groups in total. The van der Waals surface area contributed by atoms with Crippen molar-refractivity contribution in [2.45, 2.75) is 30.7 Å². The highest BCUT2D eigenvalue weighted by Crippen LogP contribution is 2.45. The molecule has 0 spiro atoms. The van der Waals surface area contributed by atoms with E-state index in [1.807, 2.05) is 24.3 Å². The van der Waals surface area contributed by atoms with Gasteiger partial charge in [0.15, 0.2) is 0 Å². The van der Waals surface area contributed by atoms with Crippen molar-refractivity contribution in [1.82, 2.24) is 0 Å². The van der Waals surface area contributed by atoms with Crippen LogP contribution < -0.4 is 9.47 Å². The monoisotopic (exact) mass is 300 g/mol. The molecular formula is C18H17ClO2. The largest absolute Gasteiger partial charge is 0.493 e. The molecule has 2 heterocycles. The molecule has 21 heavy (non-hydrogen) atoms. The highest BCUT2D eigenvalue weighted by atomic mass is 35.5. The Kier molecular flexibility index (Phi) is 3.07. The van der Waals surface area contributed by atoms with Gasteiger partial charge in [0, 0.05) is 17.9 Å². The van der Waals surface area contributed by atoms with E-state index in [0.29, 0.717) is 6.61 Å². The number of hydrogen-bond donors (Lipinski definition) is 0. The molecule has 0 saturated heterocycles. The Morgan fingerprint density at radius 1 is 1.14 bits per heavy atom. The zero-order valence-corrected chi connectivity index (χ0v) is 12.6. The van der Waals surface area contributed by atoms with E-state index in [1.165, 1.54) is 11.1 Å². The van der Waals surface area contributed by atoms with E-state index in [1.54, 1.807) is 0 Å². The summed E-state index contributed by atoms with van der Waals surface area (Å²) in [6, 6.07) is 14.5. The van der Waals surface area contributed by atoms with Crippen molar-refractivity contribution >= 4 is 11.6 Å². The van der Waals surface area contributed by atoms with Crippen molar-refractivity contribution in [2.24, 2.45) is 0 Å². The number of alkyl halides is 1. The molecule has 3 atom stereocenters. The highest BCUT2D eigenvalue weighted by molar-refractivity contribution is 6.21. The second-order valence-electron chi connectivity index (χ2n) is 5.86. The first-order valence-electron chi connectivity index (χ1n) is 7.37. The molecule has 108 valence electrons. The third-order valence-electron chi connectivity index (χ3n) is 4.33. The van der Waals surface area contributed by atoms with E-state index in [4.69, 9.17) is 21.1 Å². The van der Waals surface area contributed by atoms with Crippen molar-refractivity contribution in [3.8, 4) is 11.5 Å².